The Bertz CT molecular complexity index is 1070. The molecule has 1 fully saturated rings. The number of rotatable bonds is 7. The van der Waals surface area contributed by atoms with Crippen LogP contribution < -0.4 is 0 Å². The number of hydrogen-bond donors (Lipinski definition) is 2. The summed E-state index contributed by atoms with van der Waals surface area (Å²) in [6, 6.07) is 15.8. The van der Waals surface area contributed by atoms with Gasteiger partial charge in [0.25, 0.3) is 0 Å². The molecular weight excluding hydrogens is 445 g/mol. The number of benzene rings is 2. The van der Waals surface area contributed by atoms with Gasteiger partial charge in [0.2, 0.25) is 11.7 Å². The van der Waals surface area contributed by atoms with Crippen LogP contribution in [0, 0.1) is 5.82 Å². The Morgan fingerprint density at radius 2 is 1.91 bits per heavy atom. The highest BCUT2D eigenvalue weighted by atomic mass is 35.5. The van der Waals surface area contributed by atoms with E-state index < -0.39 is 12.0 Å². The molecule has 1 aromatic heterocycles. The number of hydrogen-bond acceptors (Lipinski definition) is 6. The Kier molecular flexibility index (Phi) is 7.36. The Morgan fingerprint density at radius 1 is 1.18 bits per heavy atom. The van der Waals surface area contributed by atoms with Crippen molar-refractivity contribution in [3.05, 3.63) is 83.0 Å². The molecule has 1 saturated heterocycles. The summed E-state index contributed by atoms with van der Waals surface area (Å²) in [6.07, 6.45) is 2.14. The summed E-state index contributed by atoms with van der Waals surface area (Å²) in [4.78, 5) is 10.0. The fourth-order valence-corrected chi connectivity index (χ4v) is 4.56. The molecule has 0 saturated carbocycles. The van der Waals surface area contributed by atoms with Crippen LogP contribution >= 0.6 is 11.6 Å². The van der Waals surface area contributed by atoms with Gasteiger partial charge in [-0.25, -0.2) is 19.3 Å². The van der Waals surface area contributed by atoms with E-state index in [0.717, 1.165) is 22.4 Å². The number of halogens is 2. The monoisotopic (exact) mass is 471 g/mol. The summed E-state index contributed by atoms with van der Waals surface area (Å²) in [5, 5.41) is 20.5. The zero-order valence-corrected chi connectivity index (χ0v) is 19.1. The smallest absolute Gasteiger partial charge is 0.222 e. The third-order valence-corrected chi connectivity index (χ3v) is 6.49. The van der Waals surface area contributed by atoms with Gasteiger partial charge in [0.05, 0.1) is 11.3 Å². The SMILES string of the molecule is C[C@@H](c1ccc(-c2ccnc(Cl)n2)cc1)N1CC[C@](CCCO)(c2ccc(F)cc2)OC1O. The van der Waals surface area contributed by atoms with Gasteiger partial charge in [0.1, 0.15) is 5.82 Å². The Hall–Kier alpha value is -2.42. The van der Waals surface area contributed by atoms with Crippen LogP contribution in [-0.2, 0) is 10.3 Å². The molecule has 3 atom stereocenters. The van der Waals surface area contributed by atoms with Gasteiger partial charge >= 0.3 is 0 Å². The van der Waals surface area contributed by atoms with Gasteiger partial charge in [-0.3, -0.25) is 0 Å². The molecular formula is C25H27ClFN3O3. The van der Waals surface area contributed by atoms with Crippen molar-refractivity contribution < 1.29 is 19.3 Å². The molecule has 1 unspecified atom stereocenters. The minimum atomic E-state index is -1.14. The molecule has 4 rings (SSSR count). The molecule has 8 heteroatoms. The van der Waals surface area contributed by atoms with E-state index in [-0.39, 0.29) is 23.7 Å². The van der Waals surface area contributed by atoms with Gasteiger partial charge in [-0.1, -0.05) is 36.4 Å². The zero-order valence-electron chi connectivity index (χ0n) is 18.4. The standard InChI is InChI=1S/C25H27ClFN3O3/c1-17(18-3-5-19(6-4-18)22-11-14-28-23(26)29-22)30-15-13-25(12-2-16-31,33-24(30)32)20-7-9-21(27)10-8-20/h3-11,14,17,24,31-32H,2,12-13,15-16H2,1H3/t17-,24?,25+/m0/s1. The molecule has 2 aromatic carbocycles. The van der Waals surface area contributed by atoms with Crippen LogP contribution in [0.4, 0.5) is 4.39 Å². The van der Waals surface area contributed by atoms with E-state index in [9.17, 15) is 14.6 Å². The van der Waals surface area contributed by atoms with Gasteiger partial charge in [-0.2, -0.15) is 0 Å². The van der Waals surface area contributed by atoms with E-state index in [2.05, 4.69) is 9.97 Å². The second-order valence-corrected chi connectivity index (χ2v) is 8.61. The van der Waals surface area contributed by atoms with Crippen LogP contribution in [0.2, 0.25) is 5.28 Å². The highest BCUT2D eigenvalue weighted by Crippen LogP contribution is 2.41. The first-order valence-electron chi connectivity index (χ1n) is 11.0. The summed E-state index contributed by atoms with van der Waals surface area (Å²) in [5.74, 6) is -0.324. The molecule has 2 N–H and O–H groups in total. The van der Waals surface area contributed by atoms with E-state index >= 15 is 0 Å². The highest BCUT2D eigenvalue weighted by Gasteiger charge is 2.42. The first-order valence-corrected chi connectivity index (χ1v) is 11.4. The quantitative estimate of drug-likeness (QED) is 0.488. The summed E-state index contributed by atoms with van der Waals surface area (Å²) in [6.45, 7) is 2.61. The topological polar surface area (TPSA) is 78.7 Å². The minimum Gasteiger partial charge on any atom is -0.396 e. The molecule has 0 radical (unpaired) electrons. The fourth-order valence-electron chi connectivity index (χ4n) is 4.41. The lowest BCUT2D eigenvalue weighted by Crippen LogP contribution is -2.52. The lowest BCUT2D eigenvalue weighted by atomic mass is 9.84. The predicted octanol–water partition coefficient (Wildman–Crippen LogP) is 4.66. The Labute approximate surface area is 197 Å². The minimum absolute atomic E-state index is 0.0202. The lowest BCUT2D eigenvalue weighted by Gasteiger charge is -2.47. The highest BCUT2D eigenvalue weighted by molar-refractivity contribution is 6.28. The number of aliphatic hydroxyl groups is 2. The maximum absolute atomic E-state index is 13.5. The number of aromatic nitrogens is 2. The van der Waals surface area contributed by atoms with Gasteiger partial charge in [-0.15, -0.1) is 0 Å². The number of nitrogens with zero attached hydrogens (tertiary/aromatic N) is 3. The first-order chi connectivity index (χ1) is 15.9. The van der Waals surface area contributed by atoms with Gasteiger partial charge in [0, 0.05) is 31.0 Å². The van der Waals surface area contributed by atoms with E-state index in [0.29, 0.717) is 25.8 Å². The Morgan fingerprint density at radius 3 is 2.55 bits per heavy atom. The molecule has 3 aromatic rings. The van der Waals surface area contributed by atoms with E-state index in [4.69, 9.17) is 16.3 Å². The molecule has 1 aliphatic heterocycles. The molecule has 1 aliphatic rings. The van der Waals surface area contributed by atoms with E-state index in [1.54, 1.807) is 24.4 Å². The second-order valence-electron chi connectivity index (χ2n) is 8.27. The number of aliphatic hydroxyl groups excluding tert-OH is 2. The second kappa shape index (κ2) is 10.2. The van der Waals surface area contributed by atoms with Crippen LogP contribution in [0.5, 0.6) is 0 Å². The van der Waals surface area contributed by atoms with Crippen LogP contribution in [-0.4, -0.2) is 44.6 Å². The van der Waals surface area contributed by atoms with Gasteiger partial charge in [0.15, 0.2) is 0 Å². The van der Waals surface area contributed by atoms with Crippen molar-refractivity contribution in [3.63, 3.8) is 0 Å². The van der Waals surface area contributed by atoms with Crippen molar-refractivity contribution in [3.8, 4) is 11.3 Å². The average molecular weight is 472 g/mol. The van der Waals surface area contributed by atoms with Crippen LogP contribution in [0.25, 0.3) is 11.3 Å². The van der Waals surface area contributed by atoms with Crippen molar-refractivity contribution >= 4 is 11.6 Å². The summed E-state index contributed by atoms with van der Waals surface area (Å²) < 4.78 is 19.6. The summed E-state index contributed by atoms with van der Waals surface area (Å²) in [7, 11) is 0. The first kappa shape index (κ1) is 23.7. The lowest BCUT2D eigenvalue weighted by molar-refractivity contribution is -0.298. The molecule has 0 amide bonds. The maximum Gasteiger partial charge on any atom is 0.222 e. The van der Waals surface area contributed by atoms with Crippen molar-refractivity contribution in [1.82, 2.24) is 14.9 Å². The van der Waals surface area contributed by atoms with Gasteiger partial charge in [-0.05, 0) is 67.1 Å². The third-order valence-electron chi connectivity index (χ3n) is 6.31. The van der Waals surface area contributed by atoms with Crippen molar-refractivity contribution in [2.45, 2.75) is 44.2 Å². The molecule has 0 spiro atoms. The zero-order chi connectivity index (χ0) is 23.4. The summed E-state index contributed by atoms with van der Waals surface area (Å²) in [5.41, 5.74) is 2.71. The predicted molar refractivity (Wildman–Crippen MR) is 124 cm³/mol. The van der Waals surface area contributed by atoms with Crippen LogP contribution in [0.15, 0.2) is 60.8 Å². The molecule has 0 bridgehead atoms. The van der Waals surface area contributed by atoms with Crippen LogP contribution in [0.1, 0.15) is 43.4 Å². The molecule has 33 heavy (non-hydrogen) atoms. The fraction of sp³-hybridized carbons (Fsp3) is 0.360. The normalized spacial score (nSPS) is 22.3. The van der Waals surface area contributed by atoms with E-state index in [1.807, 2.05) is 36.1 Å². The largest absolute Gasteiger partial charge is 0.396 e. The van der Waals surface area contributed by atoms with Gasteiger partial charge < -0.3 is 14.9 Å². The van der Waals surface area contributed by atoms with Crippen molar-refractivity contribution in [1.29, 1.82) is 0 Å². The third kappa shape index (κ3) is 5.23. The molecule has 174 valence electrons. The Balaban J connectivity index is 1.51. The maximum atomic E-state index is 13.5. The van der Waals surface area contributed by atoms with E-state index in [1.165, 1.54) is 12.1 Å². The van der Waals surface area contributed by atoms with Crippen molar-refractivity contribution in [2.24, 2.45) is 0 Å². The van der Waals surface area contributed by atoms with Crippen molar-refractivity contribution in [2.75, 3.05) is 13.2 Å². The number of ether oxygens (including phenoxy) is 1. The summed E-state index contributed by atoms with van der Waals surface area (Å²) >= 11 is 5.90. The average Bonchev–Trinajstić information content (AvgIpc) is 2.83. The molecule has 0 aliphatic carbocycles. The molecule has 2 heterocycles. The molecule has 6 nitrogen and oxygen atoms in total. The van der Waals surface area contributed by atoms with Crippen LogP contribution in [0.3, 0.4) is 0 Å².